The van der Waals surface area contributed by atoms with Gasteiger partial charge in [0.05, 0.1) is 11.4 Å². The van der Waals surface area contributed by atoms with Gasteiger partial charge in [0.15, 0.2) is 0 Å². The van der Waals surface area contributed by atoms with Crippen molar-refractivity contribution in [3.8, 4) is 0 Å². The van der Waals surface area contributed by atoms with Crippen molar-refractivity contribution in [3.63, 3.8) is 0 Å². The highest BCUT2D eigenvalue weighted by Crippen LogP contribution is 2.25. The Bertz CT molecular complexity index is 475. The van der Waals surface area contributed by atoms with Crippen LogP contribution in [0.2, 0.25) is 0 Å². The van der Waals surface area contributed by atoms with Crippen LogP contribution in [0.15, 0.2) is 18.2 Å². The van der Waals surface area contributed by atoms with Crippen LogP contribution in [-0.4, -0.2) is 37.0 Å². The molecule has 5 heteroatoms. The highest BCUT2D eigenvalue weighted by molar-refractivity contribution is 5.94. The fourth-order valence-corrected chi connectivity index (χ4v) is 2.60. The number of nitrogens with two attached hydrogens (primary N) is 2. The summed E-state index contributed by atoms with van der Waals surface area (Å²) < 4.78 is 0. The third-order valence-corrected chi connectivity index (χ3v) is 3.79. The Morgan fingerprint density at radius 3 is 2.84 bits per heavy atom. The van der Waals surface area contributed by atoms with E-state index >= 15 is 0 Å². The minimum Gasteiger partial charge on any atom is -0.397 e. The van der Waals surface area contributed by atoms with Crippen molar-refractivity contribution in [2.24, 2.45) is 11.7 Å². The number of nitrogens with one attached hydrogen (secondary N) is 1. The molecular weight excluding hydrogens is 240 g/mol. The molecule has 1 amide bonds. The van der Waals surface area contributed by atoms with Crippen molar-refractivity contribution in [1.82, 2.24) is 4.90 Å². The Hall–Kier alpha value is -1.75. The first kappa shape index (κ1) is 13.7. The zero-order valence-electron chi connectivity index (χ0n) is 11.5. The first-order valence-electron chi connectivity index (χ1n) is 6.62. The Morgan fingerprint density at radius 2 is 2.21 bits per heavy atom. The van der Waals surface area contributed by atoms with E-state index in [2.05, 4.69) is 24.2 Å². The van der Waals surface area contributed by atoms with Gasteiger partial charge in [-0.15, -0.1) is 0 Å². The van der Waals surface area contributed by atoms with Gasteiger partial charge in [-0.2, -0.15) is 0 Å². The van der Waals surface area contributed by atoms with E-state index in [1.807, 2.05) is 0 Å². The Morgan fingerprint density at radius 1 is 1.47 bits per heavy atom. The number of piperidine rings is 1. The highest BCUT2D eigenvalue weighted by atomic mass is 16.1. The van der Waals surface area contributed by atoms with Crippen LogP contribution in [0.3, 0.4) is 0 Å². The summed E-state index contributed by atoms with van der Waals surface area (Å²) in [6.07, 6.45) is 1.07. The number of primary amides is 1. The monoisotopic (exact) mass is 262 g/mol. The smallest absolute Gasteiger partial charge is 0.248 e. The van der Waals surface area contributed by atoms with Crippen molar-refractivity contribution in [2.75, 3.05) is 31.2 Å². The van der Waals surface area contributed by atoms with Crippen LogP contribution >= 0.6 is 0 Å². The maximum atomic E-state index is 11.2. The second-order valence-electron chi connectivity index (χ2n) is 5.45. The molecule has 1 saturated heterocycles. The second-order valence-corrected chi connectivity index (χ2v) is 5.45. The first-order chi connectivity index (χ1) is 8.97. The Kier molecular flexibility index (Phi) is 3.95. The molecule has 1 aromatic carbocycles. The lowest BCUT2D eigenvalue weighted by atomic mass is 9.93. The molecule has 0 spiro atoms. The van der Waals surface area contributed by atoms with Gasteiger partial charge >= 0.3 is 0 Å². The molecule has 2 rings (SSSR count). The molecule has 0 radical (unpaired) electrons. The fourth-order valence-electron chi connectivity index (χ4n) is 2.60. The Labute approximate surface area is 113 Å². The van der Waals surface area contributed by atoms with Crippen molar-refractivity contribution >= 4 is 17.3 Å². The summed E-state index contributed by atoms with van der Waals surface area (Å²) in [4.78, 5) is 13.5. The standard InChI is InChI=1S/C14H22N4O/c1-9-8-18(2)6-5-12(9)17-13-7-10(14(16)19)3-4-11(13)15/h3-4,7,9,12,17H,5-6,8,15H2,1-2H3,(H2,16,19). The molecule has 0 aromatic heterocycles. The molecule has 1 aliphatic heterocycles. The zero-order chi connectivity index (χ0) is 14.0. The summed E-state index contributed by atoms with van der Waals surface area (Å²) in [6, 6.07) is 5.49. The fraction of sp³-hybridized carbons (Fsp3) is 0.500. The maximum Gasteiger partial charge on any atom is 0.248 e. The number of hydrogen-bond donors (Lipinski definition) is 3. The minimum absolute atomic E-state index is 0.377. The van der Waals surface area contributed by atoms with E-state index in [1.165, 1.54) is 0 Å². The number of likely N-dealkylation sites (tertiary alicyclic amines) is 1. The van der Waals surface area contributed by atoms with E-state index in [9.17, 15) is 4.79 Å². The average molecular weight is 262 g/mol. The average Bonchev–Trinajstić information content (AvgIpc) is 2.34. The van der Waals surface area contributed by atoms with Crippen molar-refractivity contribution in [1.29, 1.82) is 0 Å². The second kappa shape index (κ2) is 5.48. The molecule has 104 valence electrons. The number of amides is 1. The topological polar surface area (TPSA) is 84.4 Å². The summed E-state index contributed by atoms with van der Waals surface area (Å²) in [6.45, 7) is 4.35. The van der Waals surface area contributed by atoms with Crippen LogP contribution in [0.5, 0.6) is 0 Å². The van der Waals surface area contributed by atoms with E-state index in [1.54, 1.807) is 18.2 Å². The summed E-state index contributed by atoms with van der Waals surface area (Å²) in [5, 5.41) is 3.46. The molecule has 1 fully saturated rings. The van der Waals surface area contributed by atoms with E-state index in [0.29, 0.717) is 23.2 Å². The molecule has 0 bridgehead atoms. The van der Waals surface area contributed by atoms with E-state index < -0.39 is 5.91 Å². The molecule has 2 atom stereocenters. The number of carbonyl (C=O) groups excluding carboxylic acids is 1. The van der Waals surface area contributed by atoms with E-state index in [0.717, 1.165) is 25.2 Å². The largest absolute Gasteiger partial charge is 0.397 e. The number of nitrogens with zero attached hydrogens (tertiary/aromatic N) is 1. The number of anilines is 2. The van der Waals surface area contributed by atoms with Gasteiger partial charge in [-0.3, -0.25) is 4.79 Å². The molecule has 19 heavy (non-hydrogen) atoms. The van der Waals surface area contributed by atoms with Gasteiger partial charge in [0.25, 0.3) is 0 Å². The lowest BCUT2D eigenvalue weighted by molar-refractivity contribution is 0.100. The molecule has 2 unspecified atom stereocenters. The molecule has 5 N–H and O–H groups in total. The summed E-state index contributed by atoms with van der Waals surface area (Å²) in [5.41, 5.74) is 13.2. The van der Waals surface area contributed by atoms with Gasteiger partial charge in [0.2, 0.25) is 5.91 Å². The Balaban J connectivity index is 2.14. The summed E-state index contributed by atoms with van der Waals surface area (Å²) in [7, 11) is 2.13. The predicted molar refractivity (Wildman–Crippen MR) is 78.1 cm³/mol. The van der Waals surface area contributed by atoms with Crippen LogP contribution in [0, 0.1) is 5.92 Å². The van der Waals surface area contributed by atoms with Crippen LogP contribution in [-0.2, 0) is 0 Å². The molecular formula is C14H22N4O. The third kappa shape index (κ3) is 3.17. The molecule has 1 aliphatic rings. The van der Waals surface area contributed by atoms with Gasteiger partial charge in [-0.25, -0.2) is 0 Å². The van der Waals surface area contributed by atoms with Crippen molar-refractivity contribution < 1.29 is 4.79 Å². The normalized spacial score (nSPS) is 24.1. The number of rotatable bonds is 3. The van der Waals surface area contributed by atoms with Crippen molar-refractivity contribution in [3.05, 3.63) is 23.8 Å². The van der Waals surface area contributed by atoms with Crippen LogP contribution in [0.1, 0.15) is 23.7 Å². The number of benzene rings is 1. The minimum atomic E-state index is -0.431. The predicted octanol–water partition coefficient (Wildman–Crippen LogP) is 1.12. The lowest BCUT2D eigenvalue weighted by Gasteiger charge is -2.36. The lowest BCUT2D eigenvalue weighted by Crippen LogP contribution is -2.43. The van der Waals surface area contributed by atoms with Gasteiger partial charge in [-0.1, -0.05) is 6.92 Å². The molecule has 1 heterocycles. The highest BCUT2D eigenvalue weighted by Gasteiger charge is 2.24. The quantitative estimate of drug-likeness (QED) is 0.713. The molecule has 1 aromatic rings. The first-order valence-corrected chi connectivity index (χ1v) is 6.62. The summed E-state index contributed by atoms with van der Waals surface area (Å²) >= 11 is 0. The van der Waals surface area contributed by atoms with Gasteiger partial charge in [0, 0.05) is 18.2 Å². The third-order valence-electron chi connectivity index (χ3n) is 3.79. The van der Waals surface area contributed by atoms with Gasteiger partial charge in [0.1, 0.15) is 0 Å². The van der Waals surface area contributed by atoms with Crippen LogP contribution in [0.25, 0.3) is 0 Å². The number of nitrogen functional groups attached to an aromatic ring is 1. The molecule has 0 aliphatic carbocycles. The van der Waals surface area contributed by atoms with Crippen LogP contribution < -0.4 is 16.8 Å². The molecule has 0 saturated carbocycles. The van der Waals surface area contributed by atoms with E-state index in [-0.39, 0.29) is 0 Å². The molecule has 5 nitrogen and oxygen atoms in total. The van der Waals surface area contributed by atoms with E-state index in [4.69, 9.17) is 11.5 Å². The number of hydrogen-bond acceptors (Lipinski definition) is 4. The number of carbonyl (C=O) groups is 1. The van der Waals surface area contributed by atoms with Gasteiger partial charge in [-0.05, 0) is 44.1 Å². The summed E-state index contributed by atoms with van der Waals surface area (Å²) in [5.74, 6) is 0.106. The van der Waals surface area contributed by atoms with Crippen LogP contribution in [0.4, 0.5) is 11.4 Å². The van der Waals surface area contributed by atoms with Crippen molar-refractivity contribution in [2.45, 2.75) is 19.4 Å². The zero-order valence-corrected chi connectivity index (χ0v) is 11.5. The maximum absolute atomic E-state index is 11.2. The van der Waals surface area contributed by atoms with Gasteiger partial charge < -0.3 is 21.7 Å². The SMILES string of the molecule is CC1CN(C)CCC1Nc1cc(C(N)=O)ccc1N.